The first kappa shape index (κ1) is 13.3. The van der Waals surface area contributed by atoms with E-state index in [1.165, 1.54) is 5.09 Å². The summed E-state index contributed by atoms with van der Waals surface area (Å²) in [5, 5.41) is 1.52. The van der Waals surface area contributed by atoms with E-state index in [9.17, 15) is 13.0 Å². The number of aliphatic imine (C=N–C) groups is 1. The van der Waals surface area contributed by atoms with Gasteiger partial charge in [0.2, 0.25) is 0 Å². The molecule has 0 saturated carbocycles. The molecule has 0 aliphatic rings. The van der Waals surface area contributed by atoms with E-state index in [0.717, 1.165) is 0 Å². The molecule has 11 heteroatoms. The molecule has 0 bridgehead atoms. The third-order valence-electron chi connectivity index (χ3n) is 0.892. The standard InChI is InChI=1S/C3H10N3O6PS/c4-3(6-13(7,8)9)5-1-2-14(10,11)12/h1-2H2,(H,10,11,12)(H5,4,5,6,7,8,9). The second-order valence-corrected chi connectivity index (χ2v) is 5.09. The minimum absolute atomic E-state index is 0.391. The first-order chi connectivity index (χ1) is 6.10. The number of hydrogen-bond acceptors (Lipinski definition) is 4. The van der Waals surface area contributed by atoms with Gasteiger partial charge in [-0.2, -0.15) is 8.42 Å². The van der Waals surface area contributed by atoms with E-state index in [1.807, 2.05) is 0 Å². The largest absolute Gasteiger partial charge is 0.429 e. The minimum atomic E-state index is -4.52. The molecular formula is C3H10N3O6PS. The zero-order valence-corrected chi connectivity index (χ0v) is 8.57. The molecular weight excluding hydrogens is 237 g/mol. The lowest BCUT2D eigenvalue weighted by Crippen LogP contribution is -2.29. The summed E-state index contributed by atoms with van der Waals surface area (Å²) in [6.45, 7) is -0.391. The summed E-state index contributed by atoms with van der Waals surface area (Å²) in [6, 6.07) is 0. The van der Waals surface area contributed by atoms with Gasteiger partial charge in [0.1, 0.15) is 0 Å². The zero-order valence-electron chi connectivity index (χ0n) is 6.86. The van der Waals surface area contributed by atoms with Gasteiger partial charge in [-0.25, -0.2) is 4.57 Å². The van der Waals surface area contributed by atoms with Gasteiger partial charge in [-0.15, -0.1) is 0 Å². The van der Waals surface area contributed by atoms with Crippen molar-refractivity contribution in [2.75, 3.05) is 12.3 Å². The number of hydrogen-bond donors (Lipinski definition) is 5. The molecule has 9 nitrogen and oxygen atoms in total. The summed E-state index contributed by atoms with van der Waals surface area (Å²) in [6.07, 6.45) is 0. The van der Waals surface area contributed by atoms with Crippen LogP contribution >= 0.6 is 7.75 Å². The predicted molar refractivity (Wildman–Crippen MR) is 48.1 cm³/mol. The average Bonchev–Trinajstić information content (AvgIpc) is 1.78. The van der Waals surface area contributed by atoms with Crippen LogP contribution in [0.3, 0.4) is 0 Å². The SMILES string of the molecule is NC(=NCCS(=O)(=O)O)NP(=O)(O)O. The third kappa shape index (κ3) is 9.42. The molecule has 0 atom stereocenters. The Hall–Kier alpha value is -0.670. The van der Waals surface area contributed by atoms with Crippen LogP contribution in [0.25, 0.3) is 0 Å². The highest BCUT2D eigenvalue weighted by molar-refractivity contribution is 7.85. The van der Waals surface area contributed by atoms with E-state index in [1.54, 1.807) is 0 Å². The van der Waals surface area contributed by atoms with E-state index in [2.05, 4.69) is 4.99 Å². The number of guanidine groups is 1. The van der Waals surface area contributed by atoms with Gasteiger partial charge in [-0.05, 0) is 0 Å². The van der Waals surface area contributed by atoms with Crippen LogP contribution in [0.1, 0.15) is 0 Å². The number of nitrogens with two attached hydrogens (primary N) is 1. The molecule has 0 spiro atoms. The van der Waals surface area contributed by atoms with Crippen LogP contribution in [-0.2, 0) is 14.7 Å². The van der Waals surface area contributed by atoms with Crippen LogP contribution in [0.4, 0.5) is 0 Å². The topological polar surface area (TPSA) is 162 Å². The van der Waals surface area contributed by atoms with Gasteiger partial charge in [0, 0.05) is 0 Å². The molecule has 0 unspecified atom stereocenters. The number of nitrogens with zero attached hydrogens (tertiary/aromatic N) is 1. The van der Waals surface area contributed by atoms with Crippen molar-refractivity contribution in [3.05, 3.63) is 0 Å². The Labute approximate surface area is 80.0 Å². The predicted octanol–water partition coefficient (Wildman–Crippen LogP) is -2.13. The molecule has 0 aromatic rings. The lowest BCUT2D eigenvalue weighted by Gasteiger charge is -2.05. The molecule has 0 saturated heterocycles. The highest BCUT2D eigenvalue weighted by atomic mass is 32.2. The maximum atomic E-state index is 10.3. The molecule has 84 valence electrons. The van der Waals surface area contributed by atoms with Gasteiger partial charge in [0.15, 0.2) is 5.96 Å². The zero-order chi connectivity index (χ0) is 11.4. The van der Waals surface area contributed by atoms with E-state index in [4.69, 9.17) is 20.1 Å². The van der Waals surface area contributed by atoms with Gasteiger partial charge in [-0.3, -0.25) is 14.6 Å². The van der Waals surface area contributed by atoms with E-state index >= 15 is 0 Å². The summed E-state index contributed by atoms with van der Waals surface area (Å²) in [4.78, 5) is 19.9. The first-order valence-corrected chi connectivity index (χ1v) is 6.41. The third-order valence-corrected chi connectivity index (χ3v) is 2.11. The van der Waals surface area contributed by atoms with E-state index in [-0.39, 0.29) is 0 Å². The quantitative estimate of drug-likeness (QED) is 0.163. The summed E-state index contributed by atoms with van der Waals surface area (Å²) in [7, 11) is -8.67. The van der Waals surface area contributed by atoms with Crippen molar-refractivity contribution in [3.8, 4) is 0 Å². The molecule has 0 aliphatic heterocycles. The fraction of sp³-hybridized carbons (Fsp3) is 0.667. The van der Waals surface area contributed by atoms with E-state index in [0.29, 0.717) is 0 Å². The van der Waals surface area contributed by atoms with Gasteiger partial charge >= 0.3 is 7.75 Å². The summed E-state index contributed by atoms with van der Waals surface area (Å²) in [5.74, 6) is -1.27. The molecule has 6 N–H and O–H groups in total. The molecule has 0 aromatic carbocycles. The smallest absolute Gasteiger partial charge is 0.370 e. The van der Waals surface area contributed by atoms with Crippen LogP contribution in [0, 0.1) is 0 Å². The summed E-state index contributed by atoms with van der Waals surface area (Å²) < 4.78 is 38.8. The Morgan fingerprint density at radius 1 is 1.50 bits per heavy atom. The Balaban J connectivity index is 4.09. The fourth-order valence-corrected chi connectivity index (χ4v) is 1.16. The molecule has 0 amide bonds. The Morgan fingerprint density at radius 2 is 2.00 bits per heavy atom. The van der Waals surface area contributed by atoms with Gasteiger partial charge in [0.05, 0.1) is 12.3 Å². The van der Waals surface area contributed by atoms with Crippen LogP contribution in [-0.4, -0.2) is 41.0 Å². The van der Waals surface area contributed by atoms with Crippen LogP contribution in [0.2, 0.25) is 0 Å². The minimum Gasteiger partial charge on any atom is -0.370 e. The maximum absolute atomic E-state index is 10.3. The Morgan fingerprint density at radius 3 is 2.36 bits per heavy atom. The van der Waals surface area contributed by atoms with Crippen molar-refractivity contribution in [1.29, 1.82) is 0 Å². The number of nitrogens with one attached hydrogen (secondary N) is 1. The molecule has 14 heavy (non-hydrogen) atoms. The second-order valence-electron chi connectivity index (χ2n) is 2.21. The lowest BCUT2D eigenvalue weighted by molar-refractivity contribution is 0.367. The second kappa shape index (κ2) is 4.71. The molecule has 0 heterocycles. The monoisotopic (exact) mass is 247 g/mol. The van der Waals surface area contributed by atoms with Crippen LogP contribution in [0.15, 0.2) is 4.99 Å². The highest BCUT2D eigenvalue weighted by Gasteiger charge is 2.13. The Bertz CT molecular complexity index is 357. The summed E-state index contributed by atoms with van der Waals surface area (Å²) in [5.41, 5.74) is 4.96. The summed E-state index contributed by atoms with van der Waals surface area (Å²) >= 11 is 0. The van der Waals surface area contributed by atoms with Gasteiger partial charge in [0.25, 0.3) is 10.1 Å². The average molecular weight is 247 g/mol. The van der Waals surface area contributed by atoms with Crippen molar-refractivity contribution < 1.29 is 27.3 Å². The number of rotatable bonds is 4. The van der Waals surface area contributed by atoms with Gasteiger partial charge < -0.3 is 15.5 Å². The van der Waals surface area contributed by atoms with Crippen molar-refractivity contribution in [2.45, 2.75) is 0 Å². The van der Waals surface area contributed by atoms with Crippen molar-refractivity contribution in [1.82, 2.24) is 5.09 Å². The molecule has 0 aliphatic carbocycles. The molecule has 0 fully saturated rings. The van der Waals surface area contributed by atoms with Gasteiger partial charge in [-0.1, -0.05) is 0 Å². The van der Waals surface area contributed by atoms with Crippen molar-refractivity contribution >= 4 is 23.8 Å². The molecule has 0 aromatic heterocycles. The van der Waals surface area contributed by atoms with E-state index < -0.39 is 36.1 Å². The lowest BCUT2D eigenvalue weighted by atomic mass is 10.8. The Kier molecular flexibility index (Phi) is 4.49. The molecule has 0 radical (unpaired) electrons. The first-order valence-electron chi connectivity index (χ1n) is 3.19. The fourth-order valence-electron chi connectivity index (χ4n) is 0.466. The van der Waals surface area contributed by atoms with Crippen LogP contribution < -0.4 is 10.8 Å². The normalized spacial score (nSPS) is 14.1. The van der Waals surface area contributed by atoms with Crippen LogP contribution in [0.5, 0.6) is 0 Å². The van der Waals surface area contributed by atoms with Crippen molar-refractivity contribution in [2.24, 2.45) is 10.7 Å². The maximum Gasteiger partial charge on any atom is 0.429 e. The highest BCUT2D eigenvalue weighted by Crippen LogP contribution is 2.27. The van der Waals surface area contributed by atoms with Crippen molar-refractivity contribution in [3.63, 3.8) is 0 Å². The molecule has 0 rings (SSSR count).